The van der Waals surface area contributed by atoms with Crippen LogP contribution in [0.1, 0.15) is 40.6 Å². The van der Waals surface area contributed by atoms with E-state index in [1.165, 1.54) is 0 Å². The minimum Gasteiger partial charge on any atom is -0.451 e. The zero-order chi connectivity index (χ0) is 25.4. The zero-order valence-electron chi connectivity index (χ0n) is 21.4. The van der Waals surface area contributed by atoms with Gasteiger partial charge >= 0.3 is 0 Å². The van der Waals surface area contributed by atoms with Crippen LogP contribution in [0.25, 0.3) is 11.0 Å². The first-order valence-electron chi connectivity index (χ1n) is 13.5. The molecule has 7 heteroatoms. The zero-order valence-corrected chi connectivity index (χ0v) is 21.4. The molecule has 4 atom stereocenters. The Kier molecular flexibility index (Phi) is 6.74. The van der Waals surface area contributed by atoms with Gasteiger partial charge in [-0.15, -0.1) is 0 Å². The average molecular weight is 502 g/mol. The lowest BCUT2D eigenvalue weighted by molar-refractivity contribution is -0.125. The molecule has 2 aromatic carbocycles. The molecule has 2 amide bonds. The Labute approximate surface area is 217 Å². The van der Waals surface area contributed by atoms with E-state index in [0.29, 0.717) is 30.8 Å². The Morgan fingerprint density at radius 3 is 2.43 bits per heavy atom. The average Bonchev–Trinajstić information content (AvgIpc) is 3.71. The number of nitrogens with one attached hydrogen (secondary N) is 1. The van der Waals surface area contributed by atoms with E-state index in [-0.39, 0.29) is 23.8 Å². The first kappa shape index (κ1) is 24.2. The number of para-hydroxylation sites is 1. The van der Waals surface area contributed by atoms with Gasteiger partial charge < -0.3 is 24.3 Å². The number of hydrogen-bond donors (Lipinski definition) is 1. The second-order valence-corrected chi connectivity index (χ2v) is 10.9. The number of nitrogens with zero attached hydrogens (tertiary/aromatic N) is 2. The van der Waals surface area contributed by atoms with Crippen molar-refractivity contribution in [1.82, 2.24) is 15.1 Å². The Morgan fingerprint density at radius 2 is 1.73 bits per heavy atom. The summed E-state index contributed by atoms with van der Waals surface area (Å²) < 4.78 is 11.4. The molecule has 3 saturated heterocycles. The van der Waals surface area contributed by atoms with Gasteiger partial charge in [0.1, 0.15) is 5.58 Å². The van der Waals surface area contributed by atoms with E-state index in [9.17, 15) is 9.59 Å². The number of amides is 2. The molecule has 4 heterocycles. The molecule has 1 aromatic heterocycles. The van der Waals surface area contributed by atoms with Crippen LogP contribution in [-0.2, 0) is 9.53 Å². The van der Waals surface area contributed by atoms with E-state index in [4.69, 9.17) is 9.15 Å². The van der Waals surface area contributed by atoms with Gasteiger partial charge in [0, 0.05) is 50.3 Å². The van der Waals surface area contributed by atoms with Gasteiger partial charge in [0.2, 0.25) is 5.91 Å². The summed E-state index contributed by atoms with van der Waals surface area (Å²) in [6, 6.07) is 18.1. The van der Waals surface area contributed by atoms with Crippen LogP contribution in [0.2, 0.25) is 0 Å². The number of furan rings is 1. The van der Waals surface area contributed by atoms with Crippen LogP contribution in [0.15, 0.2) is 59.0 Å². The molecular weight excluding hydrogens is 466 g/mol. The molecule has 0 bridgehead atoms. The lowest BCUT2D eigenvalue weighted by Crippen LogP contribution is -2.37. The van der Waals surface area contributed by atoms with E-state index < -0.39 is 0 Å². The summed E-state index contributed by atoms with van der Waals surface area (Å²) in [6.07, 6.45) is 1.66. The normalized spacial score (nSPS) is 24.5. The molecular formula is C30H35N3O4. The van der Waals surface area contributed by atoms with Gasteiger partial charge in [-0.05, 0) is 43.2 Å². The van der Waals surface area contributed by atoms with Crippen molar-refractivity contribution in [3.05, 3.63) is 71.5 Å². The van der Waals surface area contributed by atoms with Crippen molar-refractivity contribution in [2.45, 2.75) is 25.8 Å². The van der Waals surface area contributed by atoms with E-state index in [2.05, 4.69) is 22.3 Å². The molecule has 7 nitrogen and oxygen atoms in total. The van der Waals surface area contributed by atoms with Gasteiger partial charge in [-0.2, -0.15) is 0 Å². The third-order valence-corrected chi connectivity index (χ3v) is 8.44. The highest BCUT2D eigenvalue weighted by molar-refractivity contribution is 5.99. The van der Waals surface area contributed by atoms with Crippen molar-refractivity contribution in [2.75, 3.05) is 45.9 Å². The molecule has 0 aliphatic carbocycles. The van der Waals surface area contributed by atoms with E-state index in [1.807, 2.05) is 54.3 Å². The molecule has 0 saturated carbocycles. The standard InChI is InChI=1S/C30H35N3O4/c1-20-25-9-5-6-10-27(25)37-28(20)30(35)33-17-23-15-32(16-24(23)18-33)13-11-26(21-7-3-2-4-8-21)31-29(34)22-12-14-36-19-22/h2-10,22-24,26H,11-19H2,1H3,(H,31,34)/t22?,23?,24?,26-/m0/s1. The van der Waals surface area contributed by atoms with Crippen LogP contribution in [0.4, 0.5) is 0 Å². The Morgan fingerprint density at radius 1 is 1.00 bits per heavy atom. The SMILES string of the molecule is Cc1c(C(=O)N2CC3CN(CC[C@H](NC(=O)C4CCOC4)c4ccccc4)CC3C2)oc2ccccc12. The Bertz CT molecular complexity index is 1250. The number of ether oxygens (including phenoxy) is 1. The summed E-state index contributed by atoms with van der Waals surface area (Å²) in [7, 11) is 0. The van der Waals surface area contributed by atoms with E-state index >= 15 is 0 Å². The maximum atomic E-state index is 13.3. The summed E-state index contributed by atoms with van der Waals surface area (Å²) in [5.74, 6) is 1.50. The third-order valence-electron chi connectivity index (χ3n) is 8.44. The fraction of sp³-hybridized carbons (Fsp3) is 0.467. The molecule has 0 spiro atoms. The molecule has 37 heavy (non-hydrogen) atoms. The number of rotatable bonds is 7. The second kappa shape index (κ2) is 10.3. The van der Waals surface area contributed by atoms with Crippen LogP contribution in [-0.4, -0.2) is 67.6 Å². The minimum atomic E-state index is -0.0451. The molecule has 194 valence electrons. The predicted molar refractivity (Wildman–Crippen MR) is 141 cm³/mol. The summed E-state index contributed by atoms with van der Waals surface area (Å²) in [6.45, 7) is 7.60. The van der Waals surface area contributed by atoms with Gasteiger partial charge in [0.25, 0.3) is 5.91 Å². The van der Waals surface area contributed by atoms with Gasteiger partial charge in [-0.25, -0.2) is 0 Å². The molecule has 6 rings (SSSR count). The molecule has 3 aliphatic rings. The molecule has 3 aromatic rings. The number of fused-ring (bicyclic) bond motifs is 2. The van der Waals surface area contributed by atoms with Crippen LogP contribution < -0.4 is 5.32 Å². The molecule has 3 fully saturated rings. The third kappa shape index (κ3) is 4.90. The van der Waals surface area contributed by atoms with Crippen LogP contribution in [0, 0.1) is 24.7 Å². The fourth-order valence-electron chi connectivity index (χ4n) is 6.31. The van der Waals surface area contributed by atoms with Crippen molar-refractivity contribution in [3.8, 4) is 0 Å². The van der Waals surface area contributed by atoms with Gasteiger partial charge in [0.15, 0.2) is 5.76 Å². The lowest BCUT2D eigenvalue weighted by atomic mass is 10.0. The monoisotopic (exact) mass is 501 g/mol. The molecule has 3 aliphatic heterocycles. The number of hydrogen-bond acceptors (Lipinski definition) is 5. The molecule has 3 unspecified atom stereocenters. The highest BCUT2D eigenvalue weighted by atomic mass is 16.5. The topological polar surface area (TPSA) is 75.0 Å². The highest BCUT2D eigenvalue weighted by Crippen LogP contribution is 2.34. The van der Waals surface area contributed by atoms with Crippen molar-refractivity contribution in [3.63, 3.8) is 0 Å². The number of likely N-dealkylation sites (tertiary alicyclic amines) is 2. The summed E-state index contributed by atoms with van der Waals surface area (Å²) >= 11 is 0. The smallest absolute Gasteiger partial charge is 0.289 e. The minimum absolute atomic E-state index is 0.0103. The van der Waals surface area contributed by atoms with Gasteiger partial charge in [-0.1, -0.05) is 48.5 Å². The van der Waals surface area contributed by atoms with Gasteiger partial charge in [0.05, 0.1) is 18.6 Å². The highest BCUT2D eigenvalue weighted by Gasteiger charge is 2.42. The van der Waals surface area contributed by atoms with Crippen molar-refractivity contribution in [2.24, 2.45) is 17.8 Å². The first-order valence-corrected chi connectivity index (χ1v) is 13.5. The van der Waals surface area contributed by atoms with Crippen molar-refractivity contribution >= 4 is 22.8 Å². The quantitative estimate of drug-likeness (QED) is 0.529. The maximum absolute atomic E-state index is 13.3. The Balaban J connectivity index is 1.05. The van der Waals surface area contributed by atoms with Gasteiger partial charge in [-0.3, -0.25) is 9.59 Å². The van der Waals surface area contributed by atoms with Crippen LogP contribution in [0.5, 0.6) is 0 Å². The number of aryl methyl sites for hydroxylation is 1. The number of carbonyl (C=O) groups is 2. The number of carbonyl (C=O) groups excluding carboxylic acids is 2. The Hall–Kier alpha value is -3.16. The summed E-state index contributed by atoms with van der Waals surface area (Å²) in [5, 5.41) is 4.31. The predicted octanol–water partition coefficient (Wildman–Crippen LogP) is 4.03. The van der Waals surface area contributed by atoms with E-state index in [1.54, 1.807) is 0 Å². The summed E-state index contributed by atoms with van der Waals surface area (Å²) in [4.78, 5) is 30.6. The molecule has 0 radical (unpaired) electrons. The van der Waals surface area contributed by atoms with Crippen LogP contribution in [0.3, 0.4) is 0 Å². The van der Waals surface area contributed by atoms with Crippen molar-refractivity contribution < 1.29 is 18.7 Å². The lowest BCUT2D eigenvalue weighted by Gasteiger charge is -2.25. The first-order chi connectivity index (χ1) is 18.1. The van der Waals surface area contributed by atoms with Crippen LogP contribution >= 0.6 is 0 Å². The maximum Gasteiger partial charge on any atom is 0.289 e. The fourth-order valence-corrected chi connectivity index (χ4v) is 6.31. The molecule has 1 N–H and O–H groups in total. The van der Waals surface area contributed by atoms with E-state index in [0.717, 1.165) is 67.7 Å². The largest absolute Gasteiger partial charge is 0.451 e. The van der Waals surface area contributed by atoms with Crippen molar-refractivity contribution in [1.29, 1.82) is 0 Å². The summed E-state index contributed by atoms with van der Waals surface area (Å²) in [5.41, 5.74) is 2.85. The number of benzene rings is 2. The second-order valence-electron chi connectivity index (χ2n) is 10.9.